The summed E-state index contributed by atoms with van der Waals surface area (Å²) in [6, 6.07) is 24.2. The molecule has 4 nitrogen and oxygen atoms in total. The van der Waals surface area contributed by atoms with Crippen LogP contribution in [0.1, 0.15) is 17.5 Å². The lowest BCUT2D eigenvalue weighted by molar-refractivity contribution is 0.581. The van der Waals surface area contributed by atoms with E-state index in [1.54, 1.807) is 0 Å². The van der Waals surface area contributed by atoms with Crippen molar-refractivity contribution in [3.8, 4) is 22.3 Å². The van der Waals surface area contributed by atoms with Gasteiger partial charge in [-0.05, 0) is 43.5 Å². The Morgan fingerprint density at radius 2 is 1.12 bits per heavy atom. The number of aromatic nitrogens is 2. The highest BCUT2D eigenvalue weighted by Gasteiger charge is 2.20. The van der Waals surface area contributed by atoms with E-state index in [0.717, 1.165) is 50.5 Å². The molecule has 5 aromatic rings. The molecule has 0 unspecified atom stereocenters. The van der Waals surface area contributed by atoms with E-state index in [0.29, 0.717) is 24.2 Å². The van der Waals surface area contributed by atoms with Gasteiger partial charge >= 0.3 is 0 Å². The van der Waals surface area contributed by atoms with Crippen molar-refractivity contribution < 1.29 is 0 Å². The van der Waals surface area contributed by atoms with Crippen molar-refractivity contribution in [3.05, 3.63) is 105 Å². The van der Waals surface area contributed by atoms with E-state index in [4.69, 9.17) is 0 Å². The highest BCUT2D eigenvalue weighted by atomic mass is 16.1. The Kier molecular flexibility index (Phi) is 4.37. The minimum absolute atomic E-state index is 0.000449. The monoisotopic (exact) mass is 432 g/mol. The van der Waals surface area contributed by atoms with Crippen LogP contribution < -0.4 is 11.1 Å². The molecule has 4 heteroatoms. The fourth-order valence-corrected chi connectivity index (χ4v) is 5.31. The number of pyridine rings is 2. The van der Waals surface area contributed by atoms with Crippen LogP contribution in [0.4, 0.5) is 0 Å². The number of rotatable bonds is 2. The Morgan fingerprint density at radius 3 is 1.67 bits per heavy atom. The maximum Gasteiger partial charge on any atom is 0.258 e. The summed E-state index contributed by atoms with van der Waals surface area (Å²) in [5.74, 6) is 0. The van der Waals surface area contributed by atoms with Gasteiger partial charge in [-0.1, -0.05) is 71.8 Å². The Labute approximate surface area is 191 Å². The molecule has 0 aliphatic carbocycles. The Morgan fingerprint density at radius 1 is 0.606 bits per heavy atom. The van der Waals surface area contributed by atoms with E-state index >= 15 is 0 Å². The average molecular weight is 433 g/mol. The lowest BCUT2D eigenvalue weighted by atomic mass is 9.99. The van der Waals surface area contributed by atoms with Gasteiger partial charge in [0.15, 0.2) is 0 Å². The van der Waals surface area contributed by atoms with Crippen LogP contribution in [-0.4, -0.2) is 9.13 Å². The van der Waals surface area contributed by atoms with Crippen molar-refractivity contribution in [2.75, 3.05) is 0 Å². The van der Waals surface area contributed by atoms with Gasteiger partial charge in [-0.3, -0.25) is 9.59 Å². The smallest absolute Gasteiger partial charge is 0.258 e. The fraction of sp³-hybridized carbons (Fsp3) is 0.172. The molecule has 0 fully saturated rings. The van der Waals surface area contributed by atoms with Gasteiger partial charge in [-0.15, -0.1) is 0 Å². The molecule has 6 rings (SSSR count). The van der Waals surface area contributed by atoms with Crippen molar-refractivity contribution in [2.24, 2.45) is 0 Å². The van der Waals surface area contributed by atoms with E-state index in [9.17, 15) is 9.59 Å². The second-order valence-electron chi connectivity index (χ2n) is 9.07. The quantitative estimate of drug-likeness (QED) is 0.337. The third-order valence-corrected chi connectivity index (χ3v) is 6.69. The number of benzene rings is 3. The molecule has 3 heterocycles. The maximum atomic E-state index is 13.7. The van der Waals surface area contributed by atoms with Gasteiger partial charge in [0.1, 0.15) is 0 Å². The van der Waals surface area contributed by atoms with Crippen LogP contribution >= 0.6 is 0 Å². The van der Waals surface area contributed by atoms with Gasteiger partial charge in [0.05, 0.1) is 11.0 Å². The molecular formula is C29H24N2O2. The van der Waals surface area contributed by atoms with Crippen LogP contribution in [0.15, 0.2) is 82.4 Å². The van der Waals surface area contributed by atoms with Crippen molar-refractivity contribution in [1.82, 2.24) is 9.13 Å². The van der Waals surface area contributed by atoms with Gasteiger partial charge in [-0.2, -0.15) is 0 Å². The molecule has 0 saturated heterocycles. The number of hydrogen-bond donors (Lipinski definition) is 0. The highest BCUT2D eigenvalue weighted by molar-refractivity contribution is 6.05. The van der Waals surface area contributed by atoms with E-state index in [-0.39, 0.29) is 11.1 Å². The lowest BCUT2D eigenvalue weighted by Gasteiger charge is -2.15. The molecule has 0 saturated carbocycles. The van der Waals surface area contributed by atoms with Gasteiger partial charge in [0.25, 0.3) is 11.1 Å². The van der Waals surface area contributed by atoms with Crippen molar-refractivity contribution in [1.29, 1.82) is 0 Å². The lowest BCUT2D eigenvalue weighted by Crippen LogP contribution is -2.22. The third kappa shape index (κ3) is 3.05. The second kappa shape index (κ2) is 7.31. The van der Waals surface area contributed by atoms with Crippen LogP contribution in [0.2, 0.25) is 0 Å². The molecule has 1 aliphatic rings. The zero-order valence-corrected chi connectivity index (χ0v) is 18.8. The van der Waals surface area contributed by atoms with Crippen molar-refractivity contribution in [3.63, 3.8) is 0 Å². The van der Waals surface area contributed by atoms with Gasteiger partial charge < -0.3 is 9.13 Å². The molecule has 0 atom stereocenters. The highest BCUT2D eigenvalue weighted by Crippen LogP contribution is 2.31. The Bertz CT molecular complexity index is 1670. The first-order valence-electron chi connectivity index (χ1n) is 11.4. The molecule has 0 bridgehead atoms. The van der Waals surface area contributed by atoms with E-state index in [2.05, 4.69) is 44.2 Å². The molecule has 1 aliphatic heterocycles. The molecule has 162 valence electrons. The van der Waals surface area contributed by atoms with Crippen molar-refractivity contribution in [2.45, 2.75) is 33.4 Å². The zero-order chi connectivity index (χ0) is 22.7. The van der Waals surface area contributed by atoms with Crippen molar-refractivity contribution >= 4 is 21.8 Å². The normalized spacial score (nSPS) is 13.0. The largest absolute Gasteiger partial charge is 0.306 e. The van der Waals surface area contributed by atoms with Crippen LogP contribution in [0.3, 0.4) is 0 Å². The molecule has 3 aromatic carbocycles. The summed E-state index contributed by atoms with van der Waals surface area (Å²) in [6.45, 7) is 5.30. The van der Waals surface area contributed by atoms with Gasteiger partial charge in [-0.25, -0.2) is 0 Å². The topological polar surface area (TPSA) is 44.0 Å². The molecule has 0 radical (unpaired) electrons. The second-order valence-corrected chi connectivity index (χ2v) is 9.07. The summed E-state index contributed by atoms with van der Waals surface area (Å²) in [6.07, 6.45) is 0.729. The Hall–Kier alpha value is -3.92. The van der Waals surface area contributed by atoms with Gasteiger partial charge in [0.2, 0.25) is 0 Å². The van der Waals surface area contributed by atoms with Crippen LogP contribution in [0, 0.1) is 13.8 Å². The minimum atomic E-state index is 0.000449. The standard InChI is InChI=1S/C29H24N2O2/c1-18-13-19(2)15-23(14-18)25-17-22-10-9-21-16-24(20-7-4-3-5-8-20)28(32)30-11-6-12-31(29(25)33)27(22)26(21)30/h3-5,7-10,13-17H,6,11-12H2,1-2H3. The van der Waals surface area contributed by atoms with Crippen LogP contribution in [0.25, 0.3) is 44.1 Å². The summed E-state index contributed by atoms with van der Waals surface area (Å²) in [4.78, 5) is 27.3. The number of nitrogens with zero attached hydrogens (tertiary/aromatic N) is 2. The SMILES string of the molecule is Cc1cc(C)cc(-c2cc3ccc4cc(-c5ccccc5)c(=O)n5c4c3n(c2=O)CCC5)c1. The average Bonchev–Trinajstić information content (AvgIpc) is 3.02. The summed E-state index contributed by atoms with van der Waals surface area (Å²) in [5, 5.41) is 1.97. The number of hydrogen-bond acceptors (Lipinski definition) is 2. The first-order chi connectivity index (χ1) is 16.0. The Balaban J connectivity index is 1.71. The zero-order valence-electron chi connectivity index (χ0n) is 18.8. The third-order valence-electron chi connectivity index (χ3n) is 6.69. The summed E-state index contributed by atoms with van der Waals surface area (Å²) in [7, 11) is 0. The summed E-state index contributed by atoms with van der Waals surface area (Å²) in [5.41, 5.74) is 7.29. The number of aryl methyl sites for hydroxylation is 4. The van der Waals surface area contributed by atoms with E-state index in [1.165, 1.54) is 0 Å². The van der Waals surface area contributed by atoms with E-state index < -0.39 is 0 Å². The molecular weight excluding hydrogens is 408 g/mol. The van der Waals surface area contributed by atoms with E-state index in [1.807, 2.05) is 51.6 Å². The first-order valence-corrected chi connectivity index (χ1v) is 11.4. The minimum Gasteiger partial charge on any atom is -0.306 e. The molecule has 0 spiro atoms. The van der Waals surface area contributed by atoms with Crippen LogP contribution in [0.5, 0.6) is 0 Å². The molecule has 0 amide bonds. The predicted octanol–water partition coefficient (Wildman–Crippen LogP) is 5.67. The fourth-order valence-electron chi connectivity index (χ4n) is 5.31. The maximum absolute atomic E-state index is 13.7. The van der Waals surface area contributed by atoms with Crippen LogP contribution in [-0.2, 0) is 13.1 Å². The molecule has 0 N–H and O–H groups in total. The summed E-state index contributed by atoms with van der Waals surface area (Å²) >= 11 is 0. The molecule has 2 aromatic heterocycles. The first kappa shape index (κ1) is 19.7. The van der Waals surface area contributed by atoms with Gasteiger partial charge in [0, 0.05) is 35.0 Å². The summed E-state index contributed by atoms with van der Waals surface area (Å²) < 4.78 is 3.76. The molecule has 33 heavy (non-hydrogen) atoms. The predicted molar refractivity (Wildman–Crippen MR) is 135 cm³/mol.